The number of rotatable bonds is 5. The molecule has 1 rings (SSSR count). The molecular formula is C11H23N3O2. The molecule has 1 saturated heterocycles. The van der Waals surface area contributed by atoms with Gasteiger partial charge in [-0.15, -0.1) is 0 Å². The van der Waals surface area contributed by atoms with Crippen molar-refractivity contribution >= 4 is 5.97 Å². The maximum atomic E-state index is 11.1. The Hall–Kier alpha value is -0.650. The smallest absolute Gasteiger partial charge is 0.327 e. The quantitative estimate of drug-likeness (QED) is 0.539. The zero-order chi connectivity index (χ0) is 12.0. The highest BCUT2D eigenvalue weighted by Gasteiger charge is 2.28. The van der Waals surface area contributed by atoms with E-state index in [0.717, 1.165) is 19.6 Å². The molecule has 94 valence electrons. The fourth-order valence-corrected chi connectivity index (χ4v) is 2.04. The third-order valence-corrected chi connectivity index (χ3v) is 3.72. The minimum absolute atomic E-state index is 0.300. The Labute approximate surface area is 97.2 Å². The first-order valence-electron chi connectivity index (χ1n) is 5.97. The average Bonchev–Trinajstić information content (AvgIpc) is 2.29. The molecule has 0 amide bonds. The molecule has 0 aromatic heterocycles. The molecule has 0 unspecified atom stereocenters. The third-order valence-electron chi connectivity index (χ3n) is 3.72. The van der Waals surface area contributed by atoms with E-state index in [1.165, 1.54) is 19.3 Å². The summed E-state index contributed by atoms with van der Waals surface area (Å²) in [6.07, 6.45) is 4.06. The van der Waals surface area contributed by atoms with Crippen molar-refractivity contribution in [2.24, 2.45) is 11.3 Å². The van der Waals surface area contributed by atoms with Gasteiger partial charge in [0.25, 0.3) is 0 Å². The molecular weight excluding hydrogens is 206 g/mol. The Morgan fingerprint density at radius 1 is 1.50 bits per heavy atom. The molecule has 1 heterocycles. The lowest BCUT2D eigenvalue weighted by molar-refractivity contribution is -0.151. The number of nitrogens with two attached hydrogens (primary N) is 1. The van der Waals surface area contributed by atoms with E-state index in [2.05, 4.69) is 23.6 Å². The highest BCUT2D eigenvalue weighted by molar-refractivity contribution is 5.69. The van der Waals surface area contributed by atoms with Gasteiger partial charge in [0, 0.05) is 6.54 Å². The van der Waals surface area contributed by atoms with E-state index < -0.39 is 0 Å². The predicted octanol–water partition coefficient (Wildman–Crippen LogP) is 0.810. The van der Waals surface area contributed by atoms with Gasteiger partial charge in [-0.2, -0.15) is 0 Å². The van der Waals surface area contributed by atoms with Gasteiger partial charge >= 0.3 is 5.97 Å². The molecule has 16 heavy (non-hydrogen) atoms. The van der Waals surface area contributed by atoms with Crippen LogP contribution in [0, 0.1) is 5.41 Å². The van der Waals surface area contributed by atoms with Crippen LogP contribution in [0.1, 0.15) is 39.5 Å². The van der Waals surface area contributed by atoms with Gasteiger partial charge in [0.1, 0.15) is 0 Å². The monoisotopic (exact) mass is 229 g/mol. The van der Waals surface area contributed by atoms with Gasteiger partial charge in [0.05, 0.1) is 6.42 Å². The van der Waals surface area contributed by atoms with Gasteiger partial charge in [-0.25, -0.2) is 5.84 Å². The number of hydrogen-bond donors (Lipinski definition) is 2. The minimum Gasteiger partial charge on any atom is -0.356 e. The lowest BCUT2D eigenvalue weighted by Gasteiger charge is -2.38. The van der Waals surface area contributed by atoms with E-state index in [1.807, 2.05) is 5.59 Å². The van der Waals surface area contributed by atoms with Crippen molar-refractivity contribution in [3.8, 4) is 0 Å². The molecule has 0 bridgehead atoms. The SMILES string of the molecule is CCC1(C)CCN(CCC(=O)ONN)CC1. The summed E-state index contributed by atoms with van der Waals surface area (Å²) in [5.74, 6) is 4.59. The van der Waals surface area contributed by atoms with Crippen LogP contribution >= 0.6 is 0 Å². The summed E-state index contributed by atoms with van der Waals surface area (Å²) in [4.78, 5) is 17.8. The molecule has 1 aliphatic heterocycles. The molecule has 0 spiro atoms. The van der Waals surface area contributed by atoms with Crippen LogP contribution in [0.25, 0.3) is 0 Å². The Morgan fingerprint density at radius 2 is 2.12 bits per heavy atom. The van der Waals surface area contributed by atoms with E-state index in [9.17, 15) is 4.79 Å². The van der Waals surface area contributed by atoms with Gasteiger partial charge in [-0.3, -0.25) is 4.79 Å². The second kappa shape index (κ2) is 6.18. The van der Waals surface area contributed by atoms with E-state index >= 15 is 0 Å². The highest BCUT2D eigenvalue weighted by Crippen LogP contribution is 2.33. The van der Waals surface area contributed by atoms with Crippen molar-refractivity contribution in [1.82, 2.24) is 10.5 Å². The lowest BCUT2D eigenvalue weighted by atomic mass is 9.78. The molecule has 3 N–H and O–H groups in total. The van der Waals surface area contributed by atoms with E-state index in [4.69, 9.17) is 5.84 Å². The van der Waals surface area contributed by atoms with Crippen molar-refractivity contribution in [2.45, 2.75) is 39.5 Å². The zero-order valence-corrected chi connectivity index (χ0v) is 10.3. The van der Waals surface area contributed by atoms with Crippen LogP contribution in [-0.4, -0.2) is 30.5 Å². The van der Waals surface area contributed by atoms with Crippen LogP contribution in [-0.2, 0) is 9.63 Å². The maximum Gasteiger partial charge on any atom is 0.327 e. The number of hydrogen-bond acceptors (Lipinski definition) is 5. The molecule has 0 aliphatic carbocycles. The first-order valence-corrected chi connectivity index (χ1v) is 5.97. The molecule has 1 aliphatic rings. The van der Waals surface area contributed by atoms with E-state index in [-0.39, 0.29) is 5.97 Å². The third kappa shape index (κ3) is 4.08. The summed E-state index contributed by atoms with van der Waals surface area (Å²) in [5.41, 5.74) is 2.41. The van der Waals surface area contributed by atoms with Crippen LogP contribution < -0.4 is 11.4 Å². The Kier molecular flexibility index (Phi) is 5.18. The summed E-state index contributed by atoms with van der Waals surface area (Å²) in [5, 5.41) is 0. The Balaban J connectivity index is 2.20. The molecule has 1 fully saturated rings. The standard InChI is InChI=1S/C11H23N3O2/c1-3-11(2)5-8-14(9-6-11)7-4-10(15)16-13-12/h13H,3-9,12H2,1-2H3. The number of carbonyl (C=O) groups excluding carboxylic acids is 1. The summed E-state index contributed by atoms with van der Waals surface area (Å²) in [7, 11) is 0. The number of nitrogens with one attached hydrogen (secondary N) is 1. The topological polar surface area (TPSA) is 67.6 Å². The number of hydrazine groups is 1. The van der Waals surface area contributed by atoms with Crippen LogP contribution in [0.3, 0.4) is 0 Å². The molecule has 5 nitrogen and oxygen atoms in total. The molecule has 0 aromatic carbocycles. The number of carbonyl (C=O) groups is 1. The largest absolute Gasteiger partial charge is 0.356 e. The van der Waals surface area contributed by atoms with Crippen molar-refractivity contribution in [2.75, 3.05) is 19.6 Å². The summed E-state index contributed by atoms with van der Waals surface area (Å²) >= 11 is 0. The van der Waals surface area contributed by atoms with Gasteiger partial charge in [0.2, 0.25) is 0 Å². The van der Waals surface area contributed by atoms with Crippen LogP contribution in [0.4, 0.5) is 0 Å². The molecule has 0 aromatic rings. The number of nitrogens with zero attached hydrogens (tertiary/aromatic N) is 1. The first kappa shape index (κ1) is 13.4. The van der Waals surface area contributed by atoms with Crippen molar-refractivity contribution in [3.05, 3.63) is 0 Å². The van der Waals surface area contributed by atoms with Gasteiger partial charge < -0.3 is 9.74 Å². The minimum atomic E-state index is -0.300. The summed E-state index contributed by atoms with van der Waals surface area (Å²) in [6, 6.07) is 0. The average molecular weight is 229 g/mol. The molecule has 5 heteroatoms. The maximum absolute atomic E-state index is 11.1. The number of likely N-dealkylation sites (tertiary alicyclic amines) is 1. The second-order valence-electron chi connectivity index (χ2n) is 4.85. The molecule has 0 radical (unpaired) electrons. The van der Waals surface area contributed by atoms with Crippen molar-refractivity contribution in [3.63, 3.8) is 0 Å². The number of piperidine rings is 1. The normalized spacial score (nSPS) is 20.7. The molecule has 0 saturated carbocycles. The van der Waals surface area contributed by atoms with Gasteiger partial charge in [-0.05, 0) is 31.3 Å². The van der Waals surface area contributed by atoms with Crippen LogP contribution in [0.2, 0.25) is 0 Å². The fraction of sp³-hybridized carbons (Fsp3) is 0.909. The first-order chi connectivity index (χ1) is 7.59. The highest BCUT2D eigenvalue weighted by atomic mass is 16.7. The van der Waals surface area contributed by atoms with Crippen molar-refractivity contribution in [1.29, 1.82) is 0 Å². The lowest BCUT2D eigenvalue weighted by Crippen LogP contribution is -2.39. The van der Waals surface area contributed by atoms with Gasteiger partial charge in [-0.1, -0.05) is 25.9 Å². The van der Waals surface area contributed by atoms with Crippen molar-refractivity contribution < 1.29 is 9.63 Å². The van der Waals surface area contributed by atoms with E-state index in [1.54, 1.807) is 0 Å². The zero-order valence-electron chi connectivity index (χ0n) is 10.3. The molecule has 0 atom stereocenters. The second-order valence-corrected chi connectivity index (χ2v) is 4.85. The van der Waals surface area contributed by atoms with Crippen LogP contribution in [0.5, 0.6) is 0 Å². The fourth-order valence-electron chi connectivity index (χ4n) is 2.04. The van der Waals surface area contributed by atoms with E-state index in [0.29, 0.717) is 11.8 Å². The predicted molar refractivity (Wildman–Crippen MR) is 62.1 cm³/mol. The van der Waals surface area contributed by atoms with Crippen LogP contribution in [0.15, 0.2) is 0 Å². The van der Waals surface area contributed by atoms with Gasteiger partial charge in [0.15, 0.2) is 0 Å². The Bertz CT molecular complexity index is 225. The Morgan fingerprint density at radius 3 is 2.62 bits per heavy atom. The summed E-state index contributed by atoms with van der Waals surface area (Å²) in [6.45, 7) is 7.51. The summed E-state index contributed by atoms with van der Waals surface area (Å²) < 4.78 is 0.